The number of amides is 1. The number of aromatic carboxylic acids is 1. The molecule has 4 aromatic rings. The number of carboxylic acid groups (broad SMARTS) is 1. The number of para-hydroxylation sites is 1. The molecule has 11 heteroatoms. The van der Waals surface area contributed by atoms with Gasteiger partial charge in [0.05, 0.1) is 35.6 Å². The van der Waals surface area contributed by atoms with Gasteiger partial charge in [-0.2, -0.15) is 0 Å². The van der Waals surface area contributed by atoms with Crippen LogP contribution < -0.4 is 29.1 Å². The summed E-state index contributed by atoms with van der Waals surface area (Å²) in [5.74, 6) is 0.298. The van der Waals surface area contributed by atoms with Gasteiger partial charge in [-0.1, -0.05) is 47.7 Å². The molecule has 1 aromatic heterocycles. The summed E-state index contributed by atoms with van der Waals surface area (Å²) in [6.07, 6.45) is 1.76. The van der Waals surface area contributed by atoms with Gasteiger partial charge in [-0.3, -0.25) is 14.2 Å². The quantitative estimate of drug-likeness (QED) is 0.258. The van der Waals surface area contributed by atoms with E-state index in [-0.39, 0.29) is 23.6 Å². The Balaban J connectivity index is 1.55. The van der Waals surface area contributed by atoms with Crippen LogP contribution in [0.3, 0.4) is 0 Å². The molecular weight excluding hydrogens is 606 g/mol. The number of carbonyl (C=O) groups excluding carboxylic acids is 1. The van der Waals surface area contributed by atoms with Crippen LogP contribution in [0.1, 0.15) is 53.9 Å². The fourth-order valence-corrected chi connectivity index (χ4v) is 6.51. The Morgan fingerprint density at radius 1 is 0.978 bits per heavy atom. The lowest BCUT2D eigenvalue weighted by molar-refractivity contribution is -0.127. The zero-order valence-electron chi connectivity index (χ0n) is 26.3. The molecule has 46 heavy (non-hydrogen) atoms. The second-order valence-corrected chi connectivity index (χ2v) is 11.5. The van der Waals surface area contributed by atoms with Gasteiger partial charge in [0.15, 0.2) is 16.3 Å². The van der Waals surface area contributed by atoms with E-state index in [1.807, 2.05) is 44.2 Å². The standard InChI is InChI=1S/C35H35N3O7S/c1-6-37(7-2)33(40)30-21(3)36-35-38(31(30)25-13-8-9-14-26(25)43-4)32(39)29(46-35)19-22-15-16-27(28(18-22)44-5)45-20-23-11-10-12-24(17-23)34(41)42/h8-19,31H,6-7,20H2,1-5H3,(H,41,42)/b29-19+/t31-/m0/s1. The van der Waals surface area contributed by atoms with Gasteiger partial charge in [-0.25, -0.2) is 9.79 Å². The fourth-order valence-electron chi connectivity index (χ4n) is 5.46. The highest BCUT2D eigenvalue weighted by Crippen LogP contribution is 2.36. The van der Waals surface area contributed by atoms with Crippen LogP contribution in [0.4, 0.5) is 0 Å². The maximum absolute atomic E-state index is 14.1. The van der Waals surface area contributed by atoms with Crippen molar-refractivity contribution in [3.05, 3.63) is 120 Å². The zero-order chi connectivity index (χ0) is 33.0. The smallest absolute Gasteiger partial charge is 0.335 e. The summed E-state index contributed by atoms with van der Waals surface area (Å²) in [5, 5.41) is 9.27. The van der Waals surface area contributed by atoms with E-state index < -0.39 is 12.0 Å². The highest BCUT2D eigenvalue weighted by atomic mass is 32.1. The van der Waals surface area contributed by atoms with E-state index >= 15 is 0 Å². The lowest BCUT2D eigenvalue weighted by atomic mass is 9.94. The molecule has 0 radical (unpaired) electrons. The van der Waals surface area contributed by atoms with Gasteiger partial charge < -0.3 is 24.2 Å². The second-order valence-electron chi connectivity index (χ2n) is 10.5. The maximum atomic E-state index is 14.1. The number of nitrogens with zero attached hydrogens (tertiary/aromatic N) is 3. The van der Waals surface area contributed by atoms with Crippen molar-refractivity contribution in [2.24, 2.45) is 4.99 Å². The molecule has 1 atom stereocenters. The number of benzene rings is 3. The lowest BCUT2D eigenvalue weighted by Gasteiger charge is -2.29. The van der Waals surface area contributed by atoms with Crippen LogP contribution in [-0.4, -0.2) is 53.8 Å². The predicted octanol–water partition coefficient (Wildman–Crippen LogP) is 4.40. The third-order valence-corrected chi connectivity index (χ3v) is 8.77. The number of hydrogen-bond acceptors (Lipinski definition) is 8. The van der Waals surface area contributed by atoms with Crippen molar-refractivity contribution in [3.63, 3.8) is 0 Å². The molecule has 1 N–H and O–H groups in total. The Hall–Kier alpha value is -5.16. The molecule has 0 aliphatic carbocycles. The van der Waals surface area contributed by atoms with E-state index in [2.05, 4.69) is 0 Å². The first kappa shape index (κ1) is 32.2. The maximum Gasteiger partial charge on any atom is 0.335 e. The highest BCUT2D eigenvalue weighted by molar-refractivity contribution is 7.07. The summed E-state index contributed by atoms with van der Waals surface area (Å²) >= 11 is 1.24. The Morgan fingerprint density at radius 3 is 2.41 bits per heavy atom. The van der Waals surface area contributed by atoms with Crippen LogP contribution in [0, 0.1) is 0 Å². The number of allylic oxidation sites excluding steroid dienone is 1. The van der Waals surface area contributed by atoms with Gasteiger partial charge in [0, 0.05) is 18.7 Å². The van der Waals surface area contributed by atoms with E-state index in [9.17, 15) is 19.5 Å². The SMILES string of the molecule is CCN(CC)C(=O)C1=C(C)N=c2s/c(=C/c3ccc(OCc4cccc(C(=O)O)c4)c(OC)c3)c(=O)n2[C@H]1c1ccccc1OC. The van der Waals surface area contributed by atoms with Crippen molar-refractivity contribution < 1.29 is 28.9 Å². The van der Waals surface area contributed by atoms with E-state index in [0.29, 0.717) is 67.6 Å². The number of likely N-dealkylation sites (N-methyl/N-ethyl adjacent to an activating group) is 1. The van der Waals surface area contributed by atoms with Crippen molar-refractivity contribution >= 4 is 29.3 Å². The highest BCUT2D eigenvalue weighted by Gasteiger charge is 2.35. The van der Waals surface area contributed by atoms with Gasteiger partial charge in [0.2, 0.25) is 0 Å². The minimum Gasteiger partial charge on any atom is -0.496 e. The first-order chi connectivity index (χ1) is 22.2. The topological polar surface area (TPSA) is 120 Å². The molecule has 3 aromatic carbocycles. The van der Waals surface area contributed by atoms with Crippen molar-refractivity contribution in [2.45, 2.75) is 33.4 Å². The molecule has 0 fully saturated rings. The molecule has 1 amide bonds. The third kappa shape index (κ3) is 6.32. The first-order valence-corrected chi connectivity index (χ1v) is 15.6. The van der Waals surface area contributed by atoms with Crippen LogP contribution in [0.5, 0.6) is 17.2 Å². The van der Waals surface area contributed by atoms with E-state index in [1.165, 1.54) is 24.5 Å². The van der Waals surface area contributed by atoms with Crippen molar-refractivity contribution in [3.8, 4) is 17.2 Å². The average Bonchev–Trinajstić information content (AvgIpc) is 3.37. The van der Waals surface area contributed by atoms with Crippen LogP contribution in [0.25, 0.3) is 6.08 Å². The number of fused-ring (bicyclic) bond motifs is 1. The predicted molar refractivity (Wildman–Crippen MR) is 175 cm³/mol. The molecule has 0 bridgehead atoms. The Bertz CT molecular complexity index is 2010. The van der Waals surface area contributed by atoms with Gasteiger partial charge in [-0.15, -0.1) is 0 Å². The molecule has 2 heterocycles. The van der Waals surface area contributed by atoms with Crippen LogP contribution in [0.2, 0.25) is 0 Å². The second kappa shape index (κ2) is 13.9. The molecule has 5 rings (SSSR count). The number of hydrogen-bond donors (Lipinski definition) is 1. The number of aromatic nitrogens is 1. The summed E-state index contributed by atoms with van der Waals surface area (Å²) in [4.78, 5) is 46.3. The van der Waals surface area contributed by atoms with Gasteiger partial charge in [0.25, 0.3) is 11.5 Å². The monoisotopic (exact) mass is 641 g/mol. The molecule has 1 aliphatic rings. The van der Waals surface area contributed by atoms with Gasteiger partial charge >= 0.3 is 5.97 Å². The Kier molecular flexibility index (Phi) is 9.72. The number of methoxy groups -OCH3 is 2. The summed E-state index contributed by atoms with van der Waals surface area (Å²) in [5.41, 5.74) is 2.98. The largest absolute Gasteiger partial charge is 0.496 e. The van der Waals surface area contributed by atoms with Crippen molar-refractivity contribution in [1.29, 1.82) is 0 Å². The molecule has 10 nitrogen and oxygen atoms in total. The zero-order valence-corrected chi connectivity index (χ0v) is 27.1. The van der Waals surface area contributed by atoms with Gasteiger partial charge in [-0.05, 0) is 68.3 Å². The molecule has 0 saturated heterocycles. The molecule has 0 saturated carbocycles. The lowest BCUT2D eigenvalue weighted by Crippen LogP contribution is -2.43. The summed E-state index contributed by atoms with van der Waals surface area (Å²) in [7, 11) is 3.09. The van der Waals surface area contributed by atoms with Crippen molar-refractivity contribution in [2.75, 3.05) is 27.3 Å². The first-order valence-electron chi connectivity index (χ1n) is 14.8. The van der Waals surface area contributed by atoms with Crippen molar-refractivity contribution in [1.82, 2.24) is 9.47 Å². The third-order valence-electron chi connectivity index (χ3n) is 7.79. The molecule has 0 unspecified atom stereocenters. The average molecular weight is 642 g/mol. The fraction of sp³-hybridized carbons (Fsp3) is 0.257. The van der Waals surface area contributed by atoms with Crippen LogP contribution in [0.15, 0.2) is 87.8 Å². The van der Waals surface area contributed by atoms with Gasteiger partial charge in [0.1, 0.15) is 18.4 Å². The number of rotatable bonds is 11. The number of carbonyl (C=O) groups is 2. The molecule has 238 valence electrons. The van der Waals surface area contributed by atoms with Crippen LogP contribution in [-0.2, 0) is 11.4 Å². The molecule has 1 aliphatic heterocycles. The number of ether oxygens (including phenoxy) is 3. The molecular formula is C35H35N3O7S. The van der Waals surface area contributed by atoms with E-state index in [0.717, 1.165) is 0 Å². The molecule has 0 spiro atoms. The van der Waals surface area contributed by atoms with E-state index in [4.69, 9.17) is 19.2 Å². The normalized spacial score (nSPS) is 14.4. The van der Waals surface area contributed by atoms with E-state index in [1.54, 1.807) is 59.9 Å². The Morgan fingerprint density at radius 2 is 1.72 bits per heavy atom. The minimum absolute atomic E-state index is 0.145. The summed E-state index contributed by atoms with van der Waals surface area (Å²) in [6.45, 7) is 6.83. The summed E-state index contributed by atoms with van der Waals surface area (Å²) < 4.78 is 19.2. The number of carboxylic acids is 1. The minimum atomic E-state index is -1.01. The van der Waals surface area contributed by atoms with Crippen LogP contribution >= 0.6 is 11.3 Å². The summed E-state index contributed by atoms with van der Waals surface area (Å²) in [6, 6.07) is 18.5. The number of thiazole rings is 1. The Labute approximate surface area is 270 Å².